The number of benzene rings is 2. The minimum Gasteiger partial charge on any atom is -0.494 e. The molecule has 1 unspecified atom stereocenters. The lowest BCUT2D eigenvalue weighted by atomic mass is 9.98. The van der Waals surface area contributed by atoms with Gasteiger partial charge in [0.05, 0.1) is 29.6 Å². The molecule has 32 heavy (non-hydrogen) atoms. The maximum atomic E-state index is 13.3. The van der Waals surface area contributed by atoms with E-state index in [-0.39, 0.29) is 16.6 Å². The van der Waals surface area contributed by atoms with Gasteiger partial charge in [0.15, 0.2) is 5.11 Å². The first kappa shape index (κ1) is 21.4. The summed E-state index contributed by atoms with van der Waals surface area (Å²) in [6.07, 6.45) is 1.35. The molecule has 0 aliphatic carbocycles. The number of thiocarbonyl (C=S) groups is 1. The molecule has 0 saturated carbocycles. The van der Waals surface area contributed by atoms with Gasteiger partial charge in [-0.05, 0) is 56.4 Å². The van der Waals surface area contributed by atoms with Crippen molar-refractivity contribution in [2.24, 2.45) is 11.0 Å². The largest absolute Gasteiger partial charge is 0.494 e. The van der Waals surface area contributed by atoms with E-state index in [2.05, 4.69) is 10.4 Å². The molecular formula is C23H20N4O4S. The number of ether oxygens (including phenoxy) is 1. The molecule has 1 atom stereocenters. The predicted molar refractivity (Wildman–Crippen MR) is 124 cm³/mol. The van der Waals surface area contributed by atoms with E-state index >= 15 is 0 Å². The molecule has 0 bridgehead atoms. The summed E-state index contributed by atoms with van der Waals surface area (Å²) in [4.78, 5) is 40.1. The van der Waals surface area contributed by atoms with Gasteiger partial charge in [-0.25, -0.2) is 0 Å². The fourth-order valence-corrected chi connectivity index (χ4v) is 3.76. The summed E-state index contributed by atoms with van der Waals surface area (Å²) in [5.74, 6) is -1.90. The Labute approximate surface area is 190 Å². The molecule has 2 heterocycles. The predicted octanol–water partition coefficient (Wildman–Crippen LogP) is 2.80. The third-order valence-corrected chi connectivity index (χ3v) is 5.29. The fraction of sp³-hybridized carbons (Fsp3) is 0.174. The van der Waals surface area contributed by atoms with Crippen molar-refractivity contribution >= 4 is 52.1 Å². The highest BCUT2D eigenvalue weighted by molar-refractivity contribution is 7.80. The van der Waals surface area contributed by atoms with Crippen molar-refractivity contribution in [1.29, 1.82) is 0 Å². The van der Waals surface area contributed by atoms with Gasteiger partial charge in [-0.15, -0.1) is 0 Å². The first-order valence-corrected chi connectivity index (χ1v) is 10.4. The zero-order valence-electron chi connectivity index (χ0n) is 17.4. The number of rotatable bonds is 5. The van der Waals surface area contributed by atoms with Crippen LogP contribution < -0.4 is 20.0 Å². The van der Waals surface area contributed by atoms with Crippen LogP contribution in [0.3, 0.4) is 0 Å². The van der Waals surface area contributed by atoms with Crippen molar-refractivity contribution in [1.82, 2.24) is 5.32 Å². The number of nitrogens with one attached hydrogen (secondary N) is 1. The second-order valence-corrected chi connectivity index (χ2v) is 7.50. The Balaban J connectivity index is 1.66. The zero-order chi connectivity index (χ0) is 22.8. The standard InChI is InChI=1S/C23H20N4O4S/c1-3-31-17-11-7-10-16(12-17)26-21(29)19(20(28)24-23(26)32)13-18-14(2)25-27(22(18)30)15-8-5-4-6-9-15/h4-13,18H,3H2,1-2H3,(H,24,28,32)/b19-13+. The lowest BCUT2D eigenvalue weighted by Crippen LogP contribution is -2.54. The number of hydrogen-bond acceptors (Lipinski definition) is 6. The lowest BCUT2D eigenvalue weighted by molar-refractivity contribution is -0.122. The topological polar surface area (TPSA) is 91.3 Å². The summed E-state index contributed by atoms with van der Waals surface area (Å²) >= 11 is 5.24. The van der Waals surface area contributed by atoms with Crippen molar-refractivity contribution in [2.75, 3.05) is 16.5 Å². The smallest absolute Gasteiger partial charge is 0.269 e. The van der Waals surface area contributed by atoms with Gasteiger partial charge in [0.1, 0.15) is 11.3 Å². The van der Waals surface area contributed by atoms with Gasteiger partial charge >= 0.3 is 0 Å². The Morgan fingerprint density at radius 1 is 1.09 bits per heavy atom. The maximum absolute atomic E-state index is 13.3. The highest BCUT2D eigenvalue weighted by atomic mass is 32.1. The molecule has 3 amide bonds. The minimum absolute atomic E-state index is 0.0418. The monoisotopic (exact) mass is 448 g/mol. The normalized spacial score (nSPS) is 20.0. The summed E-state index contributed by atoms with van der Waals surface area (Å²) in [6.45, 7) is 4.00. The summed E-state index contributed by atoms with van der Waals surface area (Å²) < 4.78 is 5.50. The van der Waals surface area contributed by atoms with E-state index < -0.39 is 17.7 Å². The van der Waals surface area contributed by atoms with Crippen LogP contribution >= 0.6 is 12.2 Å². The number of carbonyl (C=O) groups excluding carboxylic acids is 3. The first-order chi connectivity index (χ1) is 15.4. The van der Waals surface area contributed by atoms with Crippen LogP contribution in [0.2, 0.25) is 0 Å². The number of para-hydroxylation sites is 1. The van der Waals surface area contributed by atoms with Gasteiger partial charge < -0.3 is 4.74 Å². The third-order valence-electron chi connectivity index (χ3n) is 5.01. The highest BCUT2D eigenvalue weighted by Crippen LogP contribution is 2.28. The van der Waals surface area contributed by atoms with Crippen molar-refractivity contribution < 1.29 is 19.1 Å². The van der Waals surface area contributed by atoms with E-state index in [1.807, 2.05) is 13.0 Å². The molecular weight excluding hydrogens is 428 g/mol. The Hall–Kier alpha value is -3.85. The quantitative estimate of drug-likeness (QED) is 0.432. The summed E-state index contributed by atoms with van der Waals surface area (Å²) in [5.41, 5.74) is 1.35. The van der Waals surface area contributed by atoms with E-state index in [9.17, 15) is 14.4 Å². The van der Waals surface area contributed by atoms with Crippen LogP contribution in [0.5, 0.6) is 5.75 Å². The Bertz CT molecular complexity index is 1180. The maximum Gasteiger partial charge on any atom is 0.269 e. The van der Waals surface area contributed by atoms with E-state index in [0.29, 0.717) is 29.4 Å². The highest BCUT2D eigenvalue weighted by Gasteiger charge is 2.39. The second kappa shape index (κ2) is 8.72. The number of anilines is 2. The molecule has 1 N–H and O–H groups in total. The molecule has 0 aromatic heterocycles. The van der Waals surface area contributed by atoms with Gasteiger partial charge in [-0.2, -0.15) is 10.1 Å². The molecule has 1 saturated heterocycles. The molecule has 2 aromatic rings. The molecule has 162 valence electrons. The average Bonchev–Trinajstić information content (AvgIpc) is 3.05. The van der Waals surface area contributed by atoms with Gasteiger partial charge in [0, 0.05) is 6.07 Å². The zero-order valence-corrected chi connectivity index (χ0v) is 18.3. The Morgan fingerprint density at radius 2 is 1.81 bits per heavy atom. The third kappa shape index (κ3) is 3.90. The molecule has 2 aliphatic rings. The van der Waals surface area contributed by atoms with Crippen molar-refractivity contribution in [3.8, 4) is 5.75 Å². The average molecular weight is 449 g/mol. The van der Waals surface area contributed by atoms with Crippen LogP contribution in [-0.4, -0.2) is 35.2 Å². The first-order valence-electron chi connectivity index (χ1n) is 9.99. The van der Waals surface area contributed by atoms with Crippen LogP contribution in [0.4, 0.5) is 11.4 Å². The molecule has 2 aromatic carbocycles. The summed E-state index contributed by atoms with van der Waals surface area (Å²) in [7, 11) is 0. The molecule has 1 fully saturated rings. The van der Waals surface area contributed by atoms with Gasteiger partial charge in [-0.1, -0.05) is 24.3 Å². The molecule has 0 spiro atoms. The fourth-order valence-electron chi connectivity index (χ4n) is 3.48. The number of nitrogens with zero attached hydrogens (tertiary/aromatic N) is 3. The summed E-state index contributed by atoms with van der Waals surface area (Å²) in [6, 6.07) is 15.8. The van der Waals surface area contributed by atoms with Gasteiger partial charge in [0.25, 0.3) is 17.7 Å². The van der Waals surface area contributed by atoms with Crippen LogP contribution in [0.25, 0.3) is 0 Å². The molecule has 9 heteroatoms. The molecule has 8 nitrogen and oxygen atoms in total. The van der Waals surface area contributed by atoms with Gasteiger partial charge in [-0.3, -0.25) is 24.6 Å². The second-order valence-electron chi connectivity index (χ2n) is 7.12. The van der Waals surface area contributed by atoms with Crippen LogP contribution in [0.1, 0.15) is 13.8 Å². The van der Waals surface area contributed by atoms with Crippen molar-refractivity contribution in [3.05, 3.63) is 66.2 Å². The molecule has 0 radical (unpaired) electrons. The number of hydrogen-bond donors (Lipinski definition) is 1. The number of hydrazone groups is 1. The van der Waals surface area contributed by atoms with E-state index in [1.165, 1.54) is 16.0 Å². The Morgan fingerprint density at radius 3 is 2.53 bits per heavy atom. The Kier molecular flexibility index (Phi) is 5.83. The van der Waals surface area contributed by atoms with E-state index in [4.69, 9.17) is 17.0 Å². The lowest BCUT2D eigenvalue weighted by Gasteiger charge is -2.29. The van der Waals surface area contributed by atoms with Crippen molar-refractivity contribution in [2.45, 2.75) is 13.8 Å². The SMILES string of the molecule is CCOc1cccc(N2C(=O)/C(=C/C3C(=O)N(c4ccccc4)N=C3C)C(=O)NC2=S)c1. The van der Waals surface area contributed by atoms with Crippen LogP contribution in [0, 0.1) is 5.92 Å². The van der Waals surface area contributed by atoms with Crippen LogP contribution in [0.15, 0.2) is 71.3 Å². The molecule has 4 rings (SSSR count). The molecule has 2 aliphatic heterocycles. The summed E-state index contributed by atoms with van der Waals surface area (Å²) in [5, 5.41) is 8.08. The van der Waals surface area contributed by atoms with Crippen molar-refractivity contribution in [3.63, 3.8) is 0 Å². The minimum atomic E-state index is -0.844. The number of carbonyl (C=O) groups is 3. The van der Waals surface area contributed by atoms with Gasteiger partial charge in [0.2, 0.25) is 0 Å². The van der Waals surface area contributed by atoms with E-state index in [1.54, 1.807) is 55.5 Å². The van der Waals surface area contributed by atoms with Crippen LogP contribution in [-0.2, 0) is 14.4 Å². The van der Waals surface area contributed by atoms with E-state index in [0.717, 1.165) is 0 Å². The number of amides is 3.